The van der Waals surface area contributed by atoms with Crippen LogP contribution in [0.15, 0.2) is 74.6 Å². The maximum absolute atomic E-state index is 6.17. The summed E-state index contributed by atoms with van der Waals surface area (Å²) in [6.45, 7) is 4.31. The average Bonchev–Trinajstić information content (AvgIpc) is 3.40. The van der Waals surface area contributed by atoms with Crippen LogP contribution in [0.2, 0.25) is 0 Å². The number of hydrogen-bond donors (Lipinski definition) is 1. The summed E-state index contributed by atoms with van der Waals surface area (Å²) in [7, 11) is 0. The standard InChI is InChI=1S/C23H19N5O2S2/c1-14-13-31-23(26-14)27-21-18(29-12-16-6-4-3-5-7-16)10-17(11-25-21)32-19-8-9-24-22-20(19)15(2)28-30-22/h3-11,13H,12H2,1-2H3,(H,25,26,27). The number of nitrogens with one attached hydrogen (secondary N) is 1. The number of ether oxygens (including phenoxy) is 1. The third-order valence-electron chi connectivity index (χ3n) is 4.65. The van der Waals surface area contributed by atoms with E-state index in [0.717, 1.165) is 37.3 Å². The third-order valence-corrected chi connectivity index (χ3v) is 6.54. The highest BCUT2D eigenvalue weighted by Crippen LogP contribution is 2.37. The van der Waals surface area contributed by atoms with Gasteiger partial charge in [-0.2, -0.15) is 0 Å². The molecule has 1 N–H and O–H groups in total. The summed E-state index contributed by atoms with van der Waals surface area (Å²) in [4.78, 5) is 15.3. The summed E-state index contributed by atoms with van der Waals surface area (Å²) in [6, 6.07) is 14.0. The van der Waals surface area contributed by atoms with Crippen molar-refractivity contribution in [3.8, 4) is 5.75 Å². The number of aromatic nitrogens is 4. The summed E-state index contributed by atoms with van der Waals surface area (Å²) >= 11 is 3.10. The molecule has 1 aromatic carbocycles. The number of fused-ring (bicyclic) bond motifs is 1. The molecular weight excluding hydrogens is 442 g/mol. The minimum absolute atomic E-state index is 0.437. The molecule has 0 bridgehead atoms. The van der Waals surface area contributed by atoms with Crippen LogP contribution in [0.5, 0.6) is 5.75 Å². The van der Waals surface area contributed by atoms with Crippen molar-refractivity contribution in [3.63, 3.8) is 0 Å². The molecule has 0 aliphatic rings. The van der Waals surface area contributed by atoms with Gasteiger partial charge in [-0.1, -0.05) is 47.3 Å². The SMILES string of the molecule is Cc1csc(Nc2ncc(Sc3ccnc4onc(C)c34)cc2OCc2ccccc2)n1. The van der Waals surface area contributed by atoms with Gasteiger partial charge < -0.3 is 14.6 Å². The number of benzene rings is 1. The van der Waals surface area contributed by atoms with Gasteiger partial charge in [-0.3, -0.25) is 0 Å². The van der Waals surface area contributed by atoms with Crippen LogP contribution < -0.4 is 10.1 Å². The van der Waals surface area contributed by atoms with Gasteiger partial charge in [0, 0.05) is 27.6 Å². The van der Waals surface area contributed by atoms with Crippen molar-refractivity contribution in [3.05, 3.63) is 77.2 Å². The van der Waals surface area contributed by atoms with Crippen LogP contribution >= 0.6 is 23.1 Å². The number of pyridine rings is 2. The monoisotopic (exact) mass is 461 g/mol. The Kier molecular flexibility index (Phi) is 5.74. The van der Waals surface area contributed by atoms with Gasteiger partial charge in [0.15, 0.2) is 16.7 Å². The fourth-order valence-electron chi connectivity index (χ4n) is 3.13. The second kappa shape index (κ2) is 8.97. The van der Waals surface area contributed by atoms with Crippen LogP contribution in [0.25, 0.3) is 11.1 Å². The molecule has 0 amide bonds. The van der Waals surface area contributed by atoms with Gasteiger partial charge in [-0.05, 0) is 31.5 Å². The Morgan fingerprint density at radius 3 is 2.81 bits per heavy atom. The molecule has 5 rings (SSSR count). The topological polar surface area (TPSA) is 86.0 Å². The molecule has 0 aliphatic carbocycles. The van der Waals surface area contributed by atoms with Crippen LogP contribution in [0, 0.1) is 13.8 Å². The smallest absolute Gasteiger partial charge is 0.259 e. The van der Waals surface area contributed by atoms with Crippen molar-refractivity contribution in [1.82, 2.24) is 20.1 Å². The highest BCUT2D eigenvalue weighted by molar-refractivity contribution is 7.99. The van der Waals surface area contributed by atoms with Gasteiger partial charge in [0.25, 0.3) is 5.71 Å². The first-order valence-corrected chi connectivity index (χ1v) is 11.6. The van der Waals surface area contributed by atoms with Gasteiger partial charge in [0.2, 0.25) is 0 Å². The largest absolute Gasteiger partial charge is 0.485 e. The van der Waals surface area contributed by atoms with Crippen LogP contribution in [0.1, 0.15) is 17.0 Å². The van der Waals surface area contributed by atoms with Gasteiger partial charge in [0.1, 0.15) is 6.61 Å². The molecule has 0 atom stereocenters. The van der Waals surface area contributed by atoms with Crippen LogP contribution in [-0.4, -0.2) is 20.1 Å². The van der Waals surface area contributed by atoms with Gasteiger partial charge >= 0.3 is 0 Å². The zero-order valence-electron chi connectivity index (χ0n) is 17.4. The number of thiazole rings is 1. The van der Waals surface area contributed by atoms with Gasteiger partial charge in [-0.15, -0.1) is 11.3 Å². The molecule has 4 heterocycles. The fourth-order valence-corrected chi connectivity index (χ4v) is 4.81. The van der Waals surface area contributed by atoms with E-state index in [9.17, 15) is 0 Å². The molecule has 0 saturated heterocycles. The first-order chi connectivity index (χ1) is 15.7. The van der Waals surface area contributed by atoms with E-state index in [1.807, 2.05) is 67.9 Å². The van der Waals surface area contributed by atoms with E-state index in [2.05, 4.69) is 25.4 Å². The molecule has 5 aromatic rings. The van der Waals surface area contributed by atoms with Crippen molar-refractivity contribution >= 4 is 45.1 Å². The maximum atomic E-state index is 6.17. The quantitative estimate of drug-likeness (QED) is 0.308. The van der Waals surface area contributed by atoms with Crippen molar-refractivity contribution in [2.45, 2.75) is 30.2 Å². The number of aryl methyl sites for hydroxylation is 2. The van der Waals surface area contributed by atoms with Crippen molar-refractivity contribution in [2.75, 3.05) is 5.32 Å². The fraction of sp³-hybridized carbons (Fsp3) is 0.130. The minimum Gasteiger partial charge on any atom is -0.485 e. The molecule has 0 fully saturated rings. The number of hydrogen-bond acceptors (Lipinski definition) is 9. The second-order valence-electron chi connectivity index (χ2n) is 7.07. The predicted octanol–water partition coefficient (Wildman–Crippen LogP) is 6.16. The lowest BCUT2D eigenvalue weighted by atomic mass is 10.2. The number of rotatable bonds is 7. The van der Waals surface area contributed by atoms with Crippen LogP contribution in [-0.2, 0) is 6.61 Å². The molecule has 7 nitrogen and oxygen atoms in total. The molecular formula is C23H19N5O2S2. The maximum Gasteiger partial charge on any atom is 0.259 e. The van der Waals surface area contributed by atoms with E-state index in [0.29, 0.717) is 23.9 Å². The molecule has 0 aliphatic heterocycles. The molecule has 0 spiro atoms. The lowest BCUT2D eigenvalue weighted by molar-refractivity contribution is 0.306. The Bertz CT molecular complexity index is 1370. The number of anilines is 2. The third kappa shape index (κ3) is 4.44. The van der Waals surface area contributed by atoms with Crippen LogP contribution in [0.4, 0.5) is 10.9 Å². The van der Waals surface area contributed by atoms with E-state index in [-0.39, 0.29) is 0 Å². The van der Waals surface area contributed by atoms with Gasteiger partial charge in [0.05, 0.1) is 16.8 Å². The van der Waals surface area contributed by atoms with Crippen molar-refractivity contribution in [2.24, 2.45) is 0 Å². The Labute approximate surface area is 192 Å². The van der Waals surface area contributed by atoms with Crippen molar-refractivity contribution < 1.29 is 9.26 Å². The molecule has 160 valence electrons. The van der Waals surface area contributed by atoms with E-state index in [4.69, 9.17) is 9.26 Å². The van der Waals surface area contributed by atoms with Gasteiger partial charge in [-0.25, -0.2) is 15.0 Å². The summed E-state index contributed by atoms with van der Waals surface area (Å²) in [5.41, 5.74) is 3.37. The first-order valence-electron chi connectivity index (χ1n) is 9.90. The van der Waals surface area contributed by atoms with E-state index in [1.54, 1.807) is 18.0 Å². The summed E-state index contributed by atoms with van der Waals surface area (Å²) < 4.78 is 11.5. The minimum atomic E-state index is 0.437. The molecule has 0 saturated carbocycles. The molecule has 0 radical (unpaired) electrons. The Morgan fingerprint density at radius 1 is 1.12 bits per heavy atom. The van der Waals surface area contributed by atoms with E-state index in [1.165, 1.54) is 11.3 Å². The Morgan fingerprint density at radius 2 is 2.00 bits per heavy atom. The average molecular weight is 462 g/mol. The van der Waals surface area contributed by atoms with E-state index < -0.39 is 0 Å². The number of nitrogens with zero attached hydrogens (tertiary/aromatic N) is 4. The molecule has 32 heavy (non-hydrogen) atoms. The highest BCUT2D eigenvalue weighted by atomic mass is 32.2. The normalized spacial score (nSPS) is 11.1. The first kappa shape index (κ1) is 20.5. The van der Waals surface area contributed by atoms with Crippen LogP contribution in [0.3, 0.4) is 0 Å². The highest BCUT2D eigenvalue weighted by Gasteiger charge is 2.15. The lowest BCUT2D eigenvalue weighted by Crippen LogP contribution is -2.01. The summed E-state index contributed by atoms with van der Waals surface area (Å²) in [6.07, 6.45) is 3.54. The Balaban J connectivity index is 1.46. The lowest BCUT2D eigenvalue weighted by Gasteiger charge is -2.13. The van der Waals surface area contributed by atoms with Crippen molar-refractivity contribution in [1.29, 1.82) is 0 Å². The van der Waals surface area contributed by atoms with E-state index >= 15 is 0 Å². The zero-order valence-corrected chi connectivity index (χ0v) is 19.0. The summed E-state index contributed by atoms with van der Waals surface area (Å²) in [5.74, 6) is 1.28. The zero-order chi connectivity index (χ0) is 21.9. The predicted molar refractivity (Wildman–Crippen MR) is 126 cm³/mol. The molecule has 9 heteroatoms. The second-order valence-corrected chi connectivity index (χ2v) is 9.04. The summed E-state index contributed by atoms with van der Waals surface area (Å²) in [5, 5.41) is 11.0. The molecule has 0 unspecified atom stereocenters. The Hall–Kier alpha value is -3.43. The molecule has 4 aromatic heterocycles.